The number of rotatable bonds is 4. The van der Waals surface area contributed by atoms with Crippen molar-refractivity contribution in [2.75, 3.05) is 19.7 Å². The third kappa shape index (κ3) is 3.27. The molecule has 1 aliphatic heterocycles. The number of para-hydroxylation sites is 1. The van der Waals surface area contributed by atoms with E-state index in [-0.39, 0.29) is 12.0 Å². The molecule has 2 aromatic rings. The summed E-state index contributed by atoms with van der Waals surface area (Å²) in [6.45, 7) is 4.14. The number of aromatic nitrogens is 1. The highest BCUT2D eigenvalue weighted by atomic mass is 16.5. The summed E-state index contributed by atoms with van der Waals surface area (Å²) in [5.41, 5.74) is 2.47. The van der Waals surface area contributed by atoms with Crippen LogP contribution in [-0.4, -0.2) is 41.6 Å². The molecule has 1 fully saturated rings. The normalized spacial score (nSPS) is 19.1. The summed E-state index contributed by atoms with van der Waals surface area (Å²) in [6.07, 6.45) is 4.68. The zero-order valence-corrected chi connectivity index (χ0v) is 12.5. The SMILES string of the molecule is C[C@H]1CN(C(=O)CCCc2c[nH]c3ccccc23)CCO1. The van der Waals surface area contributed by atoms with Gasteiger partial charge in [-0.15, -0.1) is 0 Å². The molecule has 3 rings (SSSR count). The van der Waals surface area contributed by atoms with Gasteiger partial charge >= 0.3 is 0 Å². The number of amides is 1. The number of hydrogen-bond donors (Lipinski definition) is 1. The van der Waals surface area contributed by atoms with Gasteiger partial charge in [-0.1, -0.05) is 18.2 Å². The summed E-state index contributed by atoms with van der Waals surface area (Å²) in [5, 5.41) is 1.27. The van der Waals surface area contributed by atoms with Crippen molar-refractivity contribution in [2.45, 2.75) is 32.3 Å². The molecule has 0 bridgehead atoms. The molecule has 1 amide bonds. The number of fused-ring (bicyclic) bond motifs is 1. The summed E-state index contributed by atoms with van der Waals surface area (Å²) in [4.78, 5) is 17.4. The van der Waals surface area contributed by atoms with Crippen LogP contribution < -0.4 is 0 Å². The maximum Gasteiger partial charge on any atom is 0.222 e. The Hall–Kier alpha value is -1.81. The number of nitrogens with zero attached hydrogens (tertiary/aromatic N) is 1. The Morgan fingerprint density at radius 3 is 3.14 bits per heavy atom. The Labute approximate surface area is 125 Å². The van der Waals surface area contributed by atoms with E-state index in [2.05, 4.69) is 29.4 Å². The van der Waals surface area contributed by atoms with Crippen LogP contribution in [-0.2, 0) is 16.0 Å². The number of carbonyl (C=O) groups is 1. The third-order valence-electron chi connectivity index (χ3n) is 4.11. The fourth-order valence-electron chi connectivity index (χ4n) is 2.97. The first kappa shape index (κ1) is 14.1. The van der Waals surface area contributed by atoms with E-state index in [1.165, 1.54) is 16.5 Å². The third-order valence-corrected chi connectivity index (χ3v) is 4.11. The molecule has 0 spiro atoms. The summed E-state index contributed by atoms with van der Waals surface area (Å²) < 4.78 is 5.47. The Morgan fingerprint density at radius 2 is 2.29 bits per heavy atom. The topological polar surface area (TPSA) is 45.3 Å². The molecule has 0 radical (unpaired) electrons. The average molecular weight is 286 g/mol. The number of carbonyl (C=O) groups excluding carboxylic acids is 1. The highest BCUT2D eigenvalue weighted by Crippen LogP contribution is 2.19. The van der Waals surface area contributed by atoms with Gasteiger partial charge < -0.3 is 14.6 Å². The van der Waals surface area contributed by atoms with Crippen molar-refractivity contribution in [3.63, 3.8) is 0 Å². The number of aryl methyl sites for hydroxylation is 1. The van der Waals surface area contributed by atoms with Gasteiger partial charge in [-0.2, -0.15) is 0 Å². The molecule has 1 aliphatic rings. The molecule has 0 saturated carbocycles. The van der Waals surface area contributed by atoms with E-state index in [4.69, 9.17) is 4.74 Å². The lowest BCUT2D eigenvalue weighted by Crippen LogP contribution is -2.44. The van der Waals surface area contributed by atoms with Gasteiger partial charge in [0.05, 0.1) is 12.7 Å². The predicted octanol–water partition coefficient (Wildman–Crippen LogP) is 2.74. The average Bonchev–Trinajstić information content (AvgIpc) is 2.91. The Morgan fingerprint density at radius 1 is 1.43 bits per heavy atom. The molecule has 112 valence electrons. The molecule has 1 saturated heterocycles. The smallest absolute Gasteiger partial charge is 0.222 e. The summed E-state index contributed by atoms with van der Waals surface area (Å²) in [5.74, 6) is 0.255. The Balaban J connectivity index is 1.52. The number of nitrogens with one attached hydrogen (secondary N) is 1. The molecular weight excluding hydrogens is 264 g/mol. The maximum atomic E-state index is 12.2. The van der Waals surface area contributed by atoms with Crippen LogP contribution in [0.25, 0.3) is 10.9 Å². The van der Waals surface area contributed by atoms with Crippen molar-refractivity contribution in [1.29, 1.82) is 0 Å². The maximum absolute atomic E-state index is 12.2. The van der Waals surface area contributed by atoms with E-state index in [1.54, 1.807) is 0 Å². The first-order valence-corrected chi connectivity index (χ1v) is 7.68. The number of H-pyrrole nitrogens is 1. The zero-order chi connectivity index (χ0) is 14.7. The second-order valence-corrected chi connectivity index (χ2v) is 5.73. The van der Waals surface area contributed by atoms with Gasteiger partial charge in [-0.25, -0.2) is 0 Å². The largest absolute Gasteiger partial charge is 0.375 e. The lowest BCUT2D eigenvalue weighted by molar-refractivity contribution is -0.138. The number of ether oxygens (including phenoxy) is 1. The molecule has 2 heterocycles. The van der Waals surface area contributed by atoms with Gasteiger partial charge in [0.1, 0.15) is 0 Å². The minimum atomic E-state index is 0.163. The summed E-state index contributed by atoms with van der Waals surface area (Å²) in [7, 11) is 0. The van der Waals surface area contributed by atoms with Crippen LogP contribution in [0, 0.1) is 0 Å². The molecule has 1 aromatic carbocycles. The van der Waals surface area contributed by atoms with Crippen molar-refractivity contribution < 1.29 is 9.53 Å². The summed E-state index contributed by atoms with van der Waals surface area (Å²) >= 11 is 0. The minimum absolute atomic E-state index is 0.163. The van der Waals surface area contributed by atoms with Crippen molar-refractivity contribution in [2.24, 2.45) is 0 Å². The molecular formula is C17H22N2O2. The predicted molar refractivity (Wildman–Crippen MR) is 83.2 cm³/mol. The van der Waals surface area contributed by atoms with E-state index in [9.17, 15) is 4.79 Å². The van der Waals surface area contributed by atoms with Crippen LogP contribution in [0.15, 0.2) is 30.5 Å². The Kier molecular flexibility index (Phi) is 4.25. The van der Waals surface area contributed by atoms with Crippen molar-refractivity contribution in [3.8, 4) is 0 Å². The number of aromatic amines is 1. The van der Waals surface area contributed by atoms with Crippen LogP contribution in [0.4, 0.5) is 0 Å². The van der Waals surface area contributed by atoms with E-state index in [0.29, 0.717) is 13.0 Å². The van der Waals surface area contributed by atoms with Crippen molar-refractivity contribution in [3.05, 3.63) is 36.0 Å². The monoisotopic (exact) mass is 286 g/mol. The molecule has 0 aliphatic carbocycles. The molecule has 1 aromatic heterocycles. The van der Waals surface area contributed by atoms with Gasteiger partial charge in [-0.3, -0.25) is 4.79 Å². The highest BCUT2D eigenvalue weighted by molar-refractivity contribution is 5.83. The lowest BCUT2D eigenvalue weighted by atomic mass is 10.1. The van der Waals surface area contributed by atoms with Gasteiger partial charge in [0.2, 0.25) is 5.91 Å². The second-order valence-electron chi connectivity index (χ2n) is 5.73. The molecule has 21 heavy (non-hydrogen) atoms. The molecule has 4 heteroatoms. The van der Waals surface area contributed by atoms with Crippen LogP contribution in [0.2, 0.25) is 0 Å². The van der Waals surface area contributed by atoms with E-state index < -0.39 is 0 Å². The fourth-order valence-corrected chi connectivity index (χ4v) is 2.97. The molecule has 1 atom stereocenters. The fraction of sp³-hybridized carbons (Fsp3) is 0.471. The molecule has 1 N–H and O–H groups in total. The Bertz CT molecular complexity index is 620. The first-order chi connectivity index (χ1) is 10.2. The second kappa shape index (κ2) is 6.31. The number of benzene rings is 1. The number of hydrogen-bond acceptors (Lipinski definition) is 2. The van der Waals surface area contributed by atoms with E-state index in [1.807, 2.05) is 17.9 Å². The molecule has 4 nitrogen and oxygen atoms in total. The quantitative estimate of drug-likeness (QED) is 0.939. The molecule has 0 unspecified atom stereocenters. The first-order valence-electron chi connectivity index (χ1n) is 7.68. The van der Waals surface area contributed by atoms with Crippen LogP contribution in [0.1, 0.15) is 25.3 Å². The summed E-state index contributed by atoms with van der Waals surface area (Å²) in [6, 6.07) is 8.30. The van der Waals surface area contributed by atoms with Crippen LogP contribution in [0.3, 0.4) is 0 Å². The lowest BCUT2D eigenvalue weighted by Gasteiger charge is -2.31. The van der Waals surface area contributed by atoms with Gasteiger partial charge in [0.15, 0.2) is 0 Å². The van der Waals surface area contributed by atoms with Crippen molar-refractivity contribution >= 4 is 16.8 Å². The van der Waals surface area contributed by atoms with E-state index in [0.717, 1.165) is 25.9 Å². The zero-order valence-electron chi connectivity index (χ0n) is 12.5. The van der Waals surface area contributed by atoms with Gasteiger partial charge in [0.25, 0.3) is 0 Å². The van der Waals surface area contributed by atoms with Gasteiger partial charge in [0, 0.05) is 36.6 Å². The minimum Gasteiger partial charge on any atom is -0.375 e. The standard InChI is InChI=1S/C17H22N2O2/c1-13-12-19(9-10-21-13)17(20)8-4-5-14-11-18-16-7-3-2-6-15(14)16/h2-3,6-7,11,13,18H,4-5,8-10,12H2,1H3/t13-/m0/s1. The number of morpholine rings is 1. The van der Waals surface area contributed by atoms with Crippen molar-refractivity contribution in [1.82, 2.24) is 9.88 Å². The van der Waals surface area contributed by atoms with Gasteiger partial charge in [-0.05, 0) is 31.4 Å². The van der Waals surface area contributed by atoms with Crippen LogP contribution in [0.5, 0.6) is 0 Å². The highest BCUT2D eigenvalue weighted by Gasteiger charge is 2.20. The van der Waals surface area contributed by atoms with E-state index >= 15 is 0 Å². The van der Waals surface area contributed by atoms with Crippen LogP contribution >= 0.6 is 0 Å².